The first-order chi connectivity index (χ1) is 3.66. The molecule has 0 bridgehead atoms. The Morgan fingerprint density at radius 3 is 2.50 bits per heavy atom. The fourth-order valence-electron chi connectivity index (χ4n) is 0.440. The van der Waals surface area contributed by atoms with Gasteiger partial charge in [0.15, 0.2) is 0 Å². The Balaban J connectivity index is 3.23. The Hall–Kier alpha value is 0.200. The van der Waals surface area contributed by atoms with E-state index in [1.165, 1.54) is 0 Å². The van der Waals surface area contributed by atoms with Crippen LogP contribution in [0.15, 0.2) is 0 Å². The van der Waals surface area contributed by atoms with Crippen LogP contribution in [0.5, 0.6) is 0 Å². The van der Waals surface area contributed by atoms with E-state index in [9.17, 15) is 4.79 Å². The van der Waals surface area contributed by atoms with Crippen molar-refractivity contribution >= 4 is 29.0 Å². The molecule has 0 aliphatic rings. The van der Waals surface area contributed by atoms with Crippen molar-refractivity contribution in [3.8, 4) is 0 Å². The molecule has 0 aliphatic heterocycles. The second kappa shape index (κ2) is 4.12. The van der Waals surface area contributed by atoms with E-state index in [2.05, 4.69) is 29.5 Å². The van der Waals surface area contributed by atoms with E-state index in [0.717, 1.165) is 13.0 Å². The standard InChI is InChI=1S/C5H10INO/c1-5(6)3-7(2)4-8/h4-5H,3H2,1-2H3. The molecular weight excluding hydrogens is 217 g/mol. The number of halogens is 1. The highest BCUT2D eigenvalue weighted by atomic mass is 127. The molecule has 0 aromatic heterocycles. The fourth-order valence-corrected chi connectivity index (χ4v) is 1.06. The minimum Gasteiger partial charge on any atom is -0.347 e. The number of nitrogens with zero attached hydrogens (tertiary/aromatic N) is 1. The van der Waals surface area contributed by atoms with Gasteiger partial charge in [-0.3, -0.25) is 4.79 Å². The average Bonchev–Trinajstić information content (AvgIpc) is 1.65. The van der Waals surface area contributed by atoms with Crippen molar-refractivity contribution in [1.29, 1.82) is 0 Å². The molecule has 0 saturated heterocycles. The fraction of sp³-hybridized carbons (Fsp3) is 0.800. The van der Waals surface area contributed by atoms with Crippen LogP contribution in [0.25, 0.3) is 0 Å². The molecule has 48 valence electrons. The summed E-state index contributed by atoms with van der Waals surface area (Å²) >= 11 is 2.28. The molecule has 0 fully saturated rings. The van der Waals surface area contributed by atoms with Crippen molar-refractivity contribution in [3.05, 3.63) is 0 Å². The summed E-state index contributed by atoms with van der Waals surface area (Å²) < 4.78 is 0.544. The highest BCUT2D eigenvalue weighted by Crippen LogP contribution is 1.97. The second-order valence-corrected chi connectivity index (χ2v) is 3.95. The van der Waals surface area contributed by atoms with Crippen LogP contribution in [0.1, 0.15) is 6.92 Å². The molecule has 3 heteroatoms. The first kappa shape index (κ1) is 8.20. The zero-order chi connectivity index (χ0) is 6.57. The van der Waals surface area contributed by atoms with Gasteiger partial charge in [0, 0.05) is 17.5 Å². The van der Waals surface area contributed by atoms with E-state index in [4.69, 9.17) is 0 Å². The van der Waals surface area contributed by atoms with Crippen molar-refractivity contribution < 1.29 is 4.79 Å². The van der Waals surface area contributed by atoms with Crippen molar-refractivity contribution in [1.82, 2.24) is 4.90 Å². The molecule has 1 amide bonds. The maximum absolute atomic E-state index is 9.96. The van der Waals surface area contributed by atoms with Gasteiger partial charge >= 0.3 is 0 Å². The van der Waals surface area contributed by atoms with Gasteiger partial charge in [-0.1, -0.05) is 29.5 Å². The summed E-state index contributed by atoms with van der Waals surface area (Å²) in [6.07, 6.45) is 0.842. The molecule has 0 saturated carbocycles. The minimum absolute atomic E-state index is 0.544. The largest absolute Gasteiger partial charge is 0.347 e. The molecule has 0 aromatic carbocycles. The predicted molar refractivity (Wildman–Crippen MR) is 42.2 cm³/mol. The molecule has 0 aliphatic carbocycles. The normalized spacial score (nSPS) is 12.9. The van der Waals surface area contributed by atoms with Gasteiger partial charge in [-0.2, -0.15) is 0 Å². The highest BCUT2D eigenvalue weighted by Gasteiger charge is 1.96. The lowest BCUT2D eigenvalue weighted by atomic mass is 10.5. The number of amides is 1. The number of carbonyl (C=O) groups excluding carboxylic acids is 1. The first-order valence-electron chi connectivity index (χ1n) is 2.46. The molecule has 2 nitrogen and oxygen atoms in total. The minimum atomic E-state index is 0.544. The highest BCUT2D eigenvalue weighted by molar-refractivity contribution is 14.1. The Morgan fingerprint density at radius 1 is 1.88 bits per heavy atom. The smallest absolute Gasteiger partial charge is 0.209 e. The van der Waals surface area contributed by atoms with Crippen molar-refractivity contribution in [2.45, 2.75) is 10.8 Å². The van der Waals surface area contributed by atoms with Crippen LogP contribution in [0.3, 0.4) is 0 Å². The van der Waals surface area contributed by atoms with E-state index >= 15 is 0 Å². The maximum atomic E-state index is 9.96. The lowest BCUT2D eigenvalue weighted by molar-refractivity contribution is -0.116. The SMILES string of the molecule is CC(I)CN(C)C=O. The number of rotatable bonds is 3. The van der Waals surface area contributed by atoms with Crippen molar-refractivity contribution in [3.63, 3.8) is 0 Å². The Bertz CT molecular complexity index is 74.8. The Labute approximate surface area is 63.4 Å². The van der Waals surface area contributed by atoms with Gasteiger partial charge < -0.3 is 4.90 Å². The van der Waals surface area contributed by atoms with Crippen LogP contribution < -0.4 is 0 Å². The summed E-state index contributed by atoms with van der Waals surface area (Å²) in [4.78, 5) is 11.6. The van der Waals surface area contributed by atoms with Gasteiger partial charge in [0.05, 0.1) is 0 Å². The summed E-state index contributed by atoms with van der Waals surface area (Å²) in [6.45, 7) is 2.91. The quantitative estimate of drug-likeness (QED) is 0.398. The van der Waals surface area contributed by atoms with Crippen molar-refractivity contribution in [2.24, 2.45) is 0 Å². The molecule has 8 heavy (non-hydrogen) atoms. The zero-order valence-corrected chi connectivity index (χ0v) is 7.25. The predicted octanol–water partition coefficient (Wildman–Crippen LogP) is 0.898. The number of hydrogen-bond acceptors (Lipinski definition) is 1. The first-order valence-corrected chi connectivity index (χ1v) is 3.71. The summed E-state index contributed by atoms with van der Waals surface area (Å²) in [7, 11) is 1.78. The van der Waals surface area contributed by atoms with Gasteiger partial charge in [-0.15, -0.1) is 0 Å². The molecule has 0 radical (unpaired) electrons. The summed E-state index contributed by atoms with van der Waals surface area (Å²) in [5.41, 5.74) is 0. The van der Waals surface area contributed by atoms with E-state index in [1.54, 1.807) is 11.9 Å². The van der Waals surface area contributed by atoms with Crippen molar-refractivity contribution in [2.75, 3.05) is 13.6 Å². The van der Waals surface area contributed by atoms with E-state index in [1.807, 2.05) is 0 Å². The number of carbonyl (C=O) groups is 1. The molecule has 0 aromatic rings. The van der Waals surface area contributed by atoms with Crippen LogP contribution >= 0.6 is 22.6 Å². The van der Waals surface area contributed by atoms with E-state index in [-0.39, 0.29) is 0 Å². The Kier molecular flexibility index (Phi) is 4.22. The van der Waals surface area contributed by atoms with Gasteiger partial charge in [0.1, 0.15) is 0 Å². The van der Waals surface area contributed by atoms with Crippen LogP contribution in [0.4, 0.5) is 0 Å². The summed E-state index contributed by atoms with van der Waals surface area (Å²) in [6, 6.07) is 0. The molecule has 1 unspecified atom stereocenters. The second-order valence-electron chi connectivity index (χ2n) is 1.83. The third-order valence-electron chi connectivity index (χ3n) is 0.720. The van der Waals surface area contributed by atoms with Crippen LogP contribution in [0.2, 0.25) is 0 Å². The van der Waals surface area contributed by atoms with Gasteiger partial charge in [-0.05, 0) is 0 Å². The maximum Gasteiger partial charge on any atom is 0.209 e. The molecule has 0 spiro atoms. The molecule has 0 heterocycles. The van der Waals surface area contributed by atoms with Gasteiger partial charge in [-0.25, -0.2) is 0 Å². The number of hydrogen-bond donors (Lipinski definition) is 0. The Morgan fingerprint density at radius 2 is 2.38 bits per heavy atom. The molecule has 1 atom stereocenters. The zero-order valence-electron chi connectivity index (χ0n) is 5.10. The average molecular weight is 227 g/mol. The lowest BCUT2D eigenvalue weighted by Gasteiger charge is -2.10. The van der Waals surface area contributed by atoms with E-state index in [0.29, 0.717) is 3.92 Å². The van der Waals surface area contributed by atoms with Crippen LogP contribution in [-0.4, -0.2) is 28.8 Å². The van der Waals surface area contributed by atoms with Crippen LogP contribution in [0, 0.1) is 0 Å². The topological polar surface area (TPSA) is 20.3 Å². The number of alkyl halides is 1. The summed E-state index contributed by atoms with van der Waals surface area (Å²) in [5, 5.41) is 0. The molecular formula is C5H10INO. The monoisotopic (exact) mass is 227 g/mol. The van der Waals surface area contributed by atoms with Crippen LogP contribution in [-0.2, 0) is 4.79 Å². The third-order valence-corrected chi connectivity index (χ3v) is 1.11. The van der Waals surface area contributed by atoms with Gasteiger partial charge in [0.25, 0.3) is 0 Å². The third kappa shape index (κ3) is 4.36. The van der Waals surface area contributed by atoms with Gasteiger partial charge in [0.2, 0.25) is 6.41 Å². The lowest BCUT2D eigenvalue weighted by Crippen LogP contribution is -2.22. The van der Waals surface area contributed by atoms with E-state index < -0.39 is 0 Å². The summed E-state index contributed by atoms with van der Waals surface area (Å²) in [5.74, 6) is 0. The molecule has 0 rings (SSSR count). The molecule has 0 N–H and O–H groups in total.